The Balaban J connectivity index is 1.43. The Labute approximate surface area is 299 Å². The third-order valence-corrected chi connectivity index (χ3v) is 10.2. The number of halogens is 4. The van der Waals surface area contributed by atoms with Crippen molar-refractivity contribution in [3.63, 3.8) is 0 Å². The first-order chi connectivity index (χ1) is 24.1. The van der Waals surface area contributed by atoms with Gasteiger partial charge in [-0.25, -0.2) is 9.59 Å². The Morgan fingerprint density at radius 3 is 2.25 bits per heavy atom. The van der Waals surface area contributed by atoms with Crippen LogP contribution in [0.1, 0.15) is 79.6 Å². The lowest BCUT2D eigenvalue weighted by molar-refractivity contribution is -0.138. The summed E-state index contributed by atoms with van der Waals surface area (Å²) in [5, 5.41) is 3.49. The van der Waals surface area contributed by atoms with Gasteiger partial charge in [-0.3, -0.25) is 18.8 Å². The van der Waals surface area contributed by atoms with Crippen molar-refractivity contribution in [2.75, 3.05) is 13.1 Å². The molecule has 1 aliphatic heterocycles. The zero-order valence-electron chi connectivity index (χ0n) is 28.9. The topological polar surface area (TPSA) is 85.6 Å². The predicted molar refractivity (Wildman–Crippen MR) is 190 cm³/mol. The number of hydrogen-bond donors (Lipinski definition) is 1. The number of carbonyl (C=O) groups excluding carboxylic acids is 1. The fourth-order valence-electron chi connectivity index (χ4n) is 7.53. The molecule has 1 saturated heterocycles. The lowest BCUT2D eigenvalue weighted by atomic mass is 9.74. The highest BCUT2D eigenvalue weighted by Crippen LogP contribution is 2.45. The number of nitrogens with zero attached hydrogens (tertiary/aromatic N) is 3. The number of alkyl halides is 3. The zero-order valence-corrected chi connectivity index (χ0v) is 29.7. The number of aromatic nitrogens is 2. The second kappa shape index (κ2) is 14.3. The number of alkyl carbamates (subject to hydrolysis) is 1. The maximum Gasteiger partial charge on any atom is 0.416 e. The molecule has 4 aromatic rings. The molecule has 12 heteroatoms. The molecule has 2 aliphatic rings. The van der Waals surface area contributed by atoms with Crippen LogP contribution < -0.4 is 16.6 Å². The van der Waals surface area contributed by atoms with Crippen molar-refractivity contribution in [2.45, 2.75) is 89.3 Å². The number of nitrogens with one attached hydrogen (secondary N) is 1. The number of ether oxygens (including phenoxy) is 1. The number of amides is 1. The van der Waals surface area contributed by atoms with Gasteiger partial charge in [0.25, 0.3) is 5.56 Å². The van der Waals surface area contributed by atoms with E-state index in [1.165, 1.54) is 22.8 Å². The molecule has 1 aromatic heterocycles. The van der Waals surface area contributed by atoms with E-state index in [1.807, 2.05) is 30.3 Å². The van der Waals surface area contributed by atoms with Gasteiger partial charge in [0.15, 0.2) is 0 Å². The average molecular weight is 723 g/mol. The van der Waals surface area contributed by atoms with Gasteiger partial charge in [-0.15, -0.1) is 0 Å². The number of hydrogen-bond acceptors (Lipinski definition) is 5. The van der Waals surface area contributed by atoms with Crippen LogP contribution in [0.2, 0.25) is 5.02 Å². The summed E-state index contributed by atoms with van der Waals surface area (Å²) in [6.45, 7) is 6.65. The van der Waals surface area contributed by atoms with Crippen LogP contribution in [0, 0.1) is 0 Å². The molecule has 270 valence electrons. The zero-order chi connectivity index (χ0) is 36.6. The average Bonchev–Trinajstić information content (AvgIpc) is 3.43. The molecule has 1 atom stereocenters. The monoisotopic (exact) mass is 722 g/mol. The van der Waals surface area contributed by atoms with E-state index >= 15 is 0 Å². The molecule has 1 spiro atoms. The minimum Gasteiger partial charge on any atom is -0.444 e. The number of fused-ring (bicyclic) bond motifs is 2. The molecular weight excluding hydrogens is 681 g/mol. The first kappa shape index (κ1) is 36.4. The Kier molecular flexibility index (Phi) is 10.3. The molecule has 3 aromatic carbocycles. The second-order valence-corrected chi connectivity index (χ2v) is 15.0. The number of rotatable bonds is 8. The molecule has 0 saturated carbocycles. The number of likely N-dealkylation sites (tertiary alicyclic amines) is 1. The van der Waals surface area contributed by atoms with Crippen LogP contribution in [-0.4, -0.2) is 38.8 Å². The van der Waals surface area contributed by atoms with E-state index in [4.69, 9.17) is 16.3 Å². The summed E-state index contributed by atoms with van der Waals surface area (Å²) in [5.74, 6) is 0. The molecule has 51 heavy (non-hydrogen) atoms. The normalized spacial score (nSPS) is 16.5. The molecular formula is C39H42ClF3N4O4. The maximum atomic E-state index is 14.7. The Morgan fingerprint density at radius 2 is 1.59 bits per heavy atom. The first-order valence-electron chi connectivity index (χ1n) is 17.2. The highest BCUT2D eigenvalue weighted by atomic mass is 35.5. The molecule has 0 radical (unpaired) electrons. The largest absolute Gasteiger partial charge is 0.444 e. The first-order valence-corrected chi connectivity index (χ1v) is 17.5. The SMILES string of the molecule is CC(C)(C)OC(=O)N[C@@H](Cn1c(=O)c2c(n(Cc3ccccc3C(F)(F)F)c1=O)CCC21CCN(Cc2cccc(Cl)c2)CC1)c1ccccc1. The van der Waals surface area contributed by atoms with Crippen LogP contribution in [0.5, 0.6) is 0 Å². The van der Waals surface area contributed by atoms with E-state index in [0.29, 0.717) is 67.2 Å². The van der Waals surface area contributed by atoms with Gasteiger partial charge in [0, 0.05) is 28.2 Å². The van der Waals surface area contributed by atoms with Gasteiger partial charge >= 0.3 is 18.0 Å². The molecule has 1 fully saturated rings. The number of piperidine rings is 1. The van der Waals surface area contributed by atoms with Gasteiger partial charge in [0.05, 0.1) is 24.7 Å². The van der Waals surface area contributed by atoms with E-state index in [2.05, 4.69) is 10.2 Å². The Morgan fingerprint density at radius 1 is 0.902 bits per heavy atom. The standard InChI is InChI=1S/C39H42ClF3N4O4/c1-37(2,3)51-35(49)44-31(27-11-5-4-6-12-27)25-47-34(48)33-32(46(36(47)50)24-28-13-7-8-15-30(28)39(41,42)43)16-17-38(33)18-20-45(21-19-38)23-26-10-9-14-29(40)22-26/h4-15,22,31H,16-21,23-25H2,1-3H3,(H,44,49)/t31-/m0/s1. The van der Waals surface area contributed by atoms with Crippen molar-refractivity contribution in [3.8, 4) is 0 Å². The molecule has 8 nitrogen and oxygen atoms in total. The predicted octanol–water partition coefficient (Wildman–Crippen LogP) is 7.48. The minimum atomic E-state index is -4.63. The van der Waals surface area contributed by atoms with Gasteiger partial charge < -0.3 is 10.1 Å². The summed E-state index contributed by atoms with van der Waals surface area (Å²) in [6, 6.07) is 21.0. The highest BCUT2D eigenvalue weighted by Gasteiger charge is 2.46. The fraction of sp³-hybridized carbons (Fsp3) is 0.410. The van der Waals surface area contributed by atoms with Gasteiger partial charge in [-0.2, -0.15) is 13.2 Å². The van der Waals surface area contributed by atoms with Crippen LogP contribution >= 0.6 is 11.6 Å². The quantitative estimate of drug-likeness (QED) is 0.204. The van der Waals surface area contributed by atoms with Crippen molar-refractivity contribution in [1.82, 2.24) is 19.4 Å². The molecule has 0 unspecified atom stereocenters. The van der Waals surface area contributed by atoms with E-state index in [0.717, 1.165) is 16.2 Å². The molecule has 2 heterocycles. The van der Waals surface area contributed by atoms with Gasteiger partial charge in [0.1, 0.15) is 5.60 Å². The van der Waals surface area contributed by atoms with Crippen LogP contribution in [0.25, 0.3) is 0 Å². The van der Waals surface area contributed by atoms with Crippen LogP contribution in [0.15, 0.2) is 88.5 Å². The molecule has 6 rings (SSSR count). The third-order valence-electron chi connectivity index (χ3n) is 9.92. The van der Waals surface area contributed by atoms with E-state index in [-0.39, 0.29) is 18.7 Å². The summed E-state index contributed by atoms with van der Waals surface area (Å²) >= 11 is 6.22. The molecule has 0 bridgehead atoms. The lowest BCUT2D eigenvalue weighted by Gasteiger charge is -2.40. The van der Waals surface area contributed by atoms with Crippen molar-refractivity contribution < 1.29 is 22.7 Å². The minimum absolute atomic E-state index is 0.0664. The van der Waals surface area contributed by atoms with Crippen LogP contribution in [-0.2, 0) is 42.4 Å². The van der Waals surface area contributed by atoms with E-state index in [9.17, 15) is 27.6 Å². The summed E-state index contributed by atoms with van der Waals surface area (Å²) < 4.78 is 50.4. The third kappa shape index (κ3) is 8.10. The van der Waals surface area contributed by atoms with Crippen molar-refractivity contribution >= 4 is 17.7 Å². The molecule has 1 N–H and O–H groups in total. The van der Waals surface area contributed by atoms with Crippen LogP contribution in [0.3, 0.4) is 0 Å². The number of carbonyl (C=O) groups is 1. The number of benzene rings is 3. The Hall–Kier alpha value is -4.35. The van der Waals surface area contributed by atoms with E-state index < -0.39 is 46.1 Å². The van der Waals surface area contributed by atoms with Gasteiger partial charge in [0.2, 0.25) is 0 Å². The van der Waals surface area contributed by atoms with Gasteiger partial charge in [-0.1, -0.05) is 72.3 Å². The van der Waals surface area contributed by atoms with Crippen molar-refractivity contribution in [3.05, 3.63) is 138 Å². The van der Waals surface area contributed by atoms with Crippen molar-refractivity contribution in [1.29, 1.82) is 0 Å². The summed E-state index contributed by atoms with van der Waals surface area (Å²) in [4.78, 5) is 44.4. The maximum absolute atomic E-state index is 14.7. The lowest BCUT2D eigenvalue weighted by Crippen LogP contribution is -2.50. The second-order valence-electron chi connectivity index (χ2n) is 14.6. The summed E-state index contributed by atoms with van der Waals surface area (Å²) in [5.41, 5.74) is -0.775. The summed E-state index contributed by atoms with van der Waals surface area (Å²) in [6.07, 6.45) is -3.08. The van der Waals surface area contributed by atoms with Crippen LogP contribution in [0.4, 0.5) is 18.0 Å². The van der Waals surface area contributed by atoms with E-state index in [1.54, 1.807) is 45.0 Å². The van der Waals surface area contributed by atoms with Crippen molar-refractivity contribution in [2.24, 2.45) is 0 Å². The Bertz CT molecular complexity index is 2010. The van der Waals surface area contributed by atoms with Gasteiger partial charge in [-0.05, 0) is 94.4 Å². The smallest absolute Gasteiger partial charge is 0.416 e. The molecule has 1 aliphatic carbocycles. The summed E-state index contributed by atoms with van der Waals surface area (Å²) in [7, 11) is 0. The molecule has 1 amide bonds. The fourth-order valence-corrected chi connectivity index (χ4v) is 7.74. The highest BCUT2D eigenvalue weighted by molar-refractivity contribution is 6.30.